The van der Waals surface area contributed by atoms with Crippen LogP contribution in [0, 0.1) is 12.7 Å². The van der Waals surface area contributed by atoms with Crippen molar-refractivity contribution in [2.45, 2.75) is 55.8 Å². The van der Waals surface area contributed by atoms with Gasteiger partial charge in [0.05, 0.1) is 16.2 Å². The van der Waals surface area contributed by atoms with Crippen LogP contribution in [-0.2, 0) is 14.6 Å². The van der Waals surface area contributed by atoms with Crippen LogP contribution in [0.25, 0.3) is 10.8 Å². The lowest BCUT2D eigenvalue weighted by Gasteiger charge is -2.32. The number of aromatic nitrogens is 1. The average Bonchev–Trinajstić information content (AvgIpc) is 3.46. The number of benzene rings is 3. The molecule has 10 nitrogen and oxygen atoms in total. The number of likely N-dealkylation sites (tertiary alicyclic amines) is 1. The van der Waals surface area contributed by atoms with Crippen molar-refractivity contribution in [3.63, 3.8) is 0 Å². The molecule has 1 aliphatic heterocycles. The van der Waals surface area contributed by atoms with Gasteiger partial charge in [-0.05, 0) is 93.1 Å². The summed E-state index contributed by atoms with van der Waals surface area (Å²) < 4.78 is 42.2. The van der Waals surface area contributed by atoms with E-state index in [9.17, 15) is 23.1 Å². The molecule has 0 aliphatic carbocycles. The fourth-order valence-electron chi connectivity index (χ4n) is 5.66. The first-order valence-corrected chi connectivity index (χ1v) is 15.8. The molecule has 12 heteroatoms. The molecule has 230 valence electrons. The van der Waals surface area contributed by atoms with Crippen molar-refractivity contribution in [1.82, 2.24) is 9.88 Å². The number of hydrogen-bond donors (Lipinski definition) is 4. The second kappa shape index (κ2) is 12.1. The van der Waals surface area contributed by atoms with Crippen molar-refractivity contribution >= 4 is 49.8 Å². The number of aryl methyl sites for hydroxylation is 1. The molecular weight excluding hydrogens is 585 g/mol. The number of fused-ring (bicyclic) bond motifs is 1. The molecule has 1 aliphatic rings. The lowest BCUT2D eigenvalue weighted by Crippen LogP contribution is -2.38. The molecule has 5 rings (SSSR count). The molecule has 0 bridgehead atoms. The highest BCUT2D eigenvalue weighted by Crippen LogP contribution is 2.40. The number of halogens is 1. The fourth-order valence-corrected chi connectivity index (χ4v) is 6.95. The maximum Gasteiger partial charge on any atom is 0.409 e. The third-order valence-electron chi connectivity index (χ3n) is 7.90. The van der Waals surface area contributed by atoms with E-state index < -0.39 is 45.0 Å². The SMILES string of the molecule is Cc1ccc(F)c([C@@H](Nc2ccc3c(N)nccc3c2)C(=O)N2CCC[C@@H]2c2cc(NC(=O)O)ccc2S(=O)(=O)C(C)C)c1. The average molecular weight is 620 g/mol. The van der Waals surface area contributed by atoms with Gasteiger partial charge in [0.1, 0.15) is 17.7 Å². The van der Waals surface area contributed by atoms with E-state index in [-0.39, 0.29) is 16.1 Å². The molecule has 0 unspecified atom stereocenters. The Kier molecular flexibility index (Phi) is 8.46. The first kappa shape index (κ1) is 30.7. The molecule has 1 saturated heterocycles. The third-order valence-corrected chi connectivity index (χ3v) is 10.1. The molecular formula is C32H34FN5O5S. The Morgan fingerprint density at radius 1 is 1.07 bits per heavy atom. The molecule has 44 heavy (non-hydrogen) atoms. The van der Waals surface area contributed by atoms with E-state index in [0.29, 0.717) is 36.5 Å². The van der Waals surface area contributed by atoms with E-state index in [0.717, 1.165) is 16.3 Å². The van der Waals surface area contributed by atoms with Gasteiger partial charge in [0.15, 0.2) is 9.84 Å². The summed E-state index contributed by atoms with van der Waals surface area (Å²) in [4.78, 5) is 31.6. The van der Waals surface area contributed by atoms with E-state index in [1.54, 1.807) is 68.3 Å². The van der Waals surface area contributed by atoms with E-state index >= 15 is 4.39 Å². The number of pyridine rings is 1. The largest absolute Gasteiger partial charge is 0.465 e. The molecule has 2 amide bonds. The van der Waals surface area contributed by atoms with Gasteiger partial charge in [0.2, 0.25) is 5.91 Å². The van der Waals surface area contributed by atoms with Gasteiger partial charge in [0.25, 0.3) is 0 Å². The smallest absolute Gasteiger partial charge is 0.409 e. The number of sulfone groups is 1. The van der Waals surface area contributed by atoms with Crippen LogP contribution < -0.4 is 16.4 Å². The zero-order chi connectivity index (χ0) is 31.8. The Balaban J connectivity index is 1.60. The number of nitrogen functional groups attached to an aromatic ring is 1. The summed E-state index contributed by atoms with van der Waals surface area (Å²) >= 11 is 0. The normalized spacial score (nSPS) is 15.8. The quantitative estimate of drug-likeness (QED) is 0.186. The summed E-state index contributed by atoms with van der Waals surface area (Å²) in [7, 11) is -3.80. The van der Waals surface area contributed by atoms with Gasteiger partial charge in [-0.2, -0.15) is 0 Å². The van der Waals surface area contributed by atoms with Crippen molar-refractivity contribution < 1.29 is 27.5 Å². The molecule has 1 aromatic heterocycles. The highest BCUT2D eigenvalue weighted by molar-refractivity contribution is 7.92. The van der Waals surface area contributed by atoms with E-state index in [4.69, 9.17) is 5.73 Å². The Morgan fingerprint density at radius 3 is 2.55 bits per heavy atom. The molecule has 2 heterocycles. The van der Waals surface area contributed by atoms with Crippen molar-refractivity contribution in [2.75, 3.05) is 22.9 Å². The molecule has 0 saturated carbocycles. The topological polar surface area (TPSA) is 155 Å². The van der Waals surface area contributed by atoms with Crippen LogP contribution in [0.1, 0.15) is 55.5 Å². The Morgan fingerprint density at radius 2 is 1.82 bits per heavy atom. The van der Waals surface area contributed by atoms with Crippen LogP contribution in [0.3, 0.4) is 0 Å². The Hall–Kier alpha value is -4.71. The predicted octanol–water partition coefficient (Wildman–Crippen LogP) is 6.05. The summed E-state index contributed by atoms with van der Waals surface area (Å²) in [6.07, 6.45) is 1.28. The number of nitrogens with zero attached hydrogens (tertiary/aromatic N) is 2. The van der Waals surface area contributed by atoms with Crippen molar-refractivity contribution in [3.05, 3.63) is 89.4 Å². The van der Waals surface area contributed by atoms with Gasteiger partial charge in [-0.3, -0.25) is 10.1 Å². The molecule has 5 N–H and O–H groups in total. The second-order valence-electron chi connectivity index (χ2n) is 11.2. The first-order valence-electron chi connectivity index (χ1n) is 14.2. The van der Waals surface area contributed by atoms with E-state index in [2.05, 4.69) is 15.6 Å². The molecule has 0 spiro atoms. The molecule has 0 radical (unpaired) electrons. The summed E-state index contributed by atoms with van der Waals surface area (Å²) in [6, 6.07) is 14.0. The lowest BCUT2D eigenvalue weighted by molar-refractivity contribution is -0.133. The standard InChI is InChI=1S/C32H34FN5O5S/c1-18(2)44(42,43)28-11-8-22(37-32(40)41)17-25(28)27-5-4-14-38(27)31(39)29(24-15-19(3)6-10-26(24)33)36-21-7-9-23-20(16-21)12-13-35-30(23)34/h6-13,15-18,27,29,36-37H,4-5,14H2,1-3H3,(H2,34,35)(H,40,41)/t27-,29-/m1/s1. The van der Waals surface area contributed by atoms with Crippen LogP contribution in [-0.4, -0.2) is 47.2 Å². The van der Waals surface area contributed by atoms with E-state index in [1.165, 1.54) is 24.3 Å². The van der Waals surface area contributed by atoms with Crippen molar-refractivity contribution in [2.24, 2.45) is 0 Å². The van der Waals surface area contributed by atoms with E-state index in [1.807, 2.05) is 0 Å². The molecule has 3 aromatic carbocycles. The summed E-state index contributed by atoms with van der Waals surface area (Å²) in [6.45, 7) is 5.23. The molecule has 1 fully saturated rings. The van der Waals surface area contributed by atoms with Crippen molar-refractivity contribution in [1.29, 1.82) is 0 Å². The van der Waals surface area contributed by atoms with Gasteiger partial charge in [-0.25, -0.2) is 22.6 Å². The number of hydrogen-bond acceptors (Lipinski definition) is 7. The number of amides is 2. The number of rotatable bonds is 8. The van der Waals surface area contributed by atoms with Gasteiger partial charge < -0.3 is 21.1 Å². The number of nitrogens with two attached hydrogens (primary N) is 1. The summed E-state index contributed by atoms with van der Waals surface area (Å²) in [5, 5.41) is 15.6. The number of anilines is 3. The second-order valence-corrected chi connectivity index (χ2v) is 13.7. The number of carbonyl (C=O) groups excluding carboxylic acids is 1. The third kappa shape index (κ3) is 6.02. The van der Waals surface area contributed by atoms with Gasteiger partial charge >= 0.3 is 6.09 Å². The Labute approximate surface area is 255 Å². The fraction of sp³-hybridized carbons (Fsp3) is 0.281. The minimum Gasteiger partial charge on any atom is -0.465 e. The maximum atomic E-state index is 15.4. The van der Waals surface area contributed by atoms with Crippen LogP contribution >= 0.6 is 0 Å². The van der Waals surface area contributed by atoms with Crippen LogP contribution in [0.4, 0.5) is 26.4 Å². The minimum atomic E-state index is -3.80. The number of carbonyl (C=O) groups is 2. The van der Waals surface area contributed by atoms with Gasteiger partial charge in [-0.1, -0.05) is 17.7 Å². The summed E-state index contributed by atoms with van der Waals surface area (Å²) in [5.74, 6) is -0.656. The van der Waals surface area contributed by atoms with Crippen LogP contribution in [0.2, 0.25) is 0 Å². The zero-order valence-corrected chi connectivity index (χ0v) is 25.4. The molecule has 4 aromatic rings. The van der Waals surface area contributed by atoms with Crippen molar-refractivity contribution in [3.8, 4) is 0 Å². The summed E-state index contributed by atoms with van der Waals surface area (Å²) in [5.41, 5.74) is 7.96. The highest BCUT2D eigenvalue weighted by Gasteiger charge is 2.38. The van der Waals surface area contributed by atoms with Crippen LogP contribution in [0.15, 0.2) is 71.8 Å². The highest BCUT2D eigenvalue weighted by atomic mass is 32.2. The minimum absolute atomic E-state index is 0.0279. The first-order chi connectivity index (χ1) is 20.9. The van der Waals surface area contributed by atoms with Crippen LogP contribution in [0.5, 0.6) is 0 Å². The predicted molar refractivity (Wildman–Crippen MR) is 168 cm³/mol. The zero-order valence-electron chi connectivity index (χ0n) is 24.5. The number of nitrogens with one attached hydrogen (secondary N) is 2. The maximum absolute atomic E-state index is 15.4. The lowest BCUT2D eigenvalue weighted by atomic mass is 9.99. The van der Waals surface area contributed by atoms with Gasteiger partial charge in [-0.15, -0.1) is 0 Å². The van der Waals surface area contributed by atoms with Gasteiger partial charge in [0, 0.05) is 35.1 Å². The number of carboxylic acid groups (broad SMARTS) is 1. The molecule has 2 atom stereocenters. The monoisotopic (exact) mass is 619 g/mol. The Bertz CT molecular complexity index is 1860.